The van der Waals surface area contributed by atoms with Crippen LogP contribution < -0.4 is 10.1 Å². The van der Waals surface area contributed by atoms with Crippen LogP contribution in [0.15, 0.2) is 42.5 Å². The van der Waals surface area contributed by atoms with Gasteiger partial charge in [0, 0.05) is 17.1 Å². The molecule has 0 aliphatic heterocycles. The highest BCUT2D eigenvalue weighted by molar-refractivity contribution is 6.31. The van der Waals surface area contributed by atoms with Crippen molar-refractivity contribution in [1.82, 2.24) is 5.32 Å². The molecule has 4 heteroatoms. The third-order valence-electron chi connectivity index (χ3n) is 2.91. The molecule has 0 atom stereocenters. The van der Waals surface area contributed by atoms with E-state index in [1.807, 2.05) is 31.2 Å². The largest absolute Gasteiger partial charge is 0.489 e. The average molecular weight is 294 g/mol. The van der Waals surface area contributed by atoms with Gasteiger partial charge in [0.15, 0.2) is 0 Å². The fraction of sp³-hybridized carbons (Fsp3) is 0.250. The Bertz CT molecular complexity index is 574. The van der Waals surface area contributed by atoms with Crippen molar-refractivity contribution in [2.75, 3.05) is 6.54 Å². The second kappa shape index (κ2) is 7.27. The molecule has 0 aromatic heterocycles. The Morgan fingerprint density at radius 3 is 2.75 bits per heavy atom. The molecule has 2 aromatic carbocycles. The fourth-order valence-electron chi connectivity index (χ4n) is 1.88. The van der Waals surface area contributed by atoms with Crippen LogP contribution in [0.3, 0.4) is 0 Å². The summed E-state index contributed by atoms with van der Waals surface area (Å²) in [6.07, 6.45) is 0. The maximum atomic E-state index is 13.1. The lowest BCUT2D eigenvalue weighted by Gasteiger charge is -2.13. The zero-order chi connectivity index (χ0) is 14.4. The molecule has 0 aliphatic carbocycles. The molecule has 2 aromatic rings. The number of rotatable bonds is 6. The molecular weight excluding hydrogens is 277 g/mol. The van der Waals surface area contributed by atoms with Crippen LogP contribution in [0.4, 0.5) is 4.39 Å². The number of hydrogen-bond donors (Lipinski definition) is 1. The van der Waals surface area contributed by atoms with Crippen LogP contribution in [0, 0.1) is 5.82 Å². The van der Waals surface area contributed by atoms with Gasteiger partial charge in [-0.25, -0.2) is 4.39 Å². The molecule has 0 fully saturated rings. The van der Waals surface area contributed by atoms with E-state index in [1.54, 1.807) is 6.07 Å². The summed E-state index contributed by atoms with van der Waals surface area (Å²) in [5.41, 5.74) is 1.71. The molecule has 0 amide bonds. The van der Waals surface area contributed by atoms with Gasteiger partial charge >= 0.3 is 0 Å². The first-order valence-corrected chi connectivity index (χ1v) is 6.94. The van der Waals surface area contributed by atoms with E-state index in [0.717, 1.165) is 23.4 Å². The Balaban J connectivity index is 2.10. The highest BCUT2D eigenvalue weighted by atomic mass is 35.5. The lowest BCUT2D eigenvalue weighted by molar-refractivity contribution is 0.301. The Morgan fingerprint density at radius 1 is 1.20 bits per heavy atom. The number of nitrogens with one attached hydrogen (secondary N) is 1. The van der Waals surface area contributed by atoms with Gasteiger partial charge < -0.3 is 10.1 Å². The van der Waals surface area contributed by atoms with Crippen molar-refractivity contribution >= 4 is 11.6 Å². The summed E-state index contributed by atoms with van der Waals surface area (Å²) in [7, 11) is 0. The minimum absolute atomic E-state index is 0.259. The van der Waals surface area contributed by atoms with Crippen molar-refractivity contribution in [3.8, 4) is 5.75 Å². The second-order valence-corrected chi connectivity index (χ2v) is 4.82. The molecule has 0 bridgehead atoms. The van der Waals surface area contributed by atoms with Gasteiger partial charge in [-0.05, 0) is 36.4 Å². The third kappa shape index (κ3) is 3.95. The number of ether oxygens (including phenoxy) is 1. The molecule has 0 saturated heterocycles. The monoisotopic (exact) mass is 293 g/mol. The summed E-state index contributed by atoms with van der Waals surface area (Å²) in [6, 6.07) is 11.9. The van der Waals surface area contributed by atoms with Gasteiger partial charge in [0.2, 0.25) is 0 Å². The standard InChI is InChI=1S/C16H17ClFNO/c1-2-19-10-14-15(17)7-4-8-16(14)20-11-12-5-3-6-13(18)9-12/h3-9,19H,2,10-11H2,1H3. The predicted octanol–water partition coefficient (Wildman–Crippen LogP) is 4.17. The Hall–Kier alpha value is -1.58. The molecule has 106 valence electrons. The number of benzene rings is 2. The summed E-state index contributed by atoms with van der Waals surface area (Å²) in [5, 5.41) is 3.90. The number of halogens is 2. The molecule has 0 heterocycles. The lowest BCUT2D eigenvalue weighted by Crippen LogP contribution is -2.13. The first-order chi connectivity index (χ1) is 9.70. The second-order valence-electron chi connectivity index (χ2n) is 4.42. The molecule has 20 heavy (non-hydrogen) atoms. The predicted molar refractivity (Wildman–Crippen MR) is 79.6 cm³/mol. The number of hydrogen-bond acceptors (Lipinski definition) is 2. The smallest absolute Gasteiger partial charge is 0.125 e. The van der Waals surface area contributed by atoms with E-state index < -0.39 is 0 Å². The third-order valence-corrected chi connectivity index (χ3v) is 3.27. The Kier molecular flexibility index (Phi) is 5.39. The van der Waals surface area contributed by atoms with Gasteiger partial charge in [-0.1, -0.05) is 36.7 Å². The normalized spacial score (nSPS) is 10.6. The Labute approximate surface area is 123 Å². The summed E-state index contributed by atoms with van der Waals surface area (Å²) < 4.78 is 18.9. The van der Waals surface area contributed by atoms with Crippen LogP contribution >= 0.6 is 11.6 Å². The highest BCUT2D eigenvalue weighted by Crippen LogP contribution is 2.27. The van der Waals surface area contributed by atoms with Gasteiger partial charge in [-0.15, -0.1) is 0 Å². The van der Waals surface area contributed by atoms with Gasteiger partial charge in [-0.2, -0.15) is 0 Å². The zero-order valence-corrected chi connectivity index (χ0v) is 12.1. The van der Waals surface area contributed by atoms with Crippen LogP contribution in [-0.4, -0.2) is 6.54 Å². The first-order valence-electron chi connectivity index (χ1n) is 6.56. The molecule has 0 spiro atoms. The van der Waals surface area contributed by atoms with Crippen LogP contribution in [0.5, 0.6) is 5.75 Å². The van der Waals surface area contributed by atoms with Gasteiger partial charge in [0.25, 0.3) is 0 Å². The van der Waals surface area contributed by atoms with Crippen molar-refractivity contribution < 1.29 is 9.13 Å². The molecule has 1 N–H and O–H groups in total. The fourth-order valence-corrected chi connectivity index (χ4v) is 2.12. The van der Waals surface area contributed by atoms with Crippen LogP contribution in [0.25, 0.3) is 0 Å². The maximum Gasteiger partial charge on any atom is 0.125 e. The maximum absolute atomic E-state index is 13.1. The summed E-state index contributed by atoms with van der Waals surface area (Å²) in [6.45, 7) is 3.85. The van der Waals surface area contributed by atoms with E-state index in [1.165, 1.54) is 12.1 Å². The minimum atomic E-state index is -0.259. The molecular formula is C16H17ClFNO. The Morgan fingerprint density at radius 2 is 2.00 bits per heavy atom. The molecule has 0 unspecified atom stereocenters. The quantitative estimate of drug-likeness (QED) is 0.863. The zero-order valence-electron chi connectivity index (χ0n) is 11.3. The molecule has 2 rings (SSSR count). The van der Waals surface area contributed by atoms with E-state index in [9.17, 15) is 4.39 Å². The van der Waals surface area contributed by atoms with Gasteiger partial charge in [-0.3, -0.25) is 0 Å². The van der Waals surface area contributed by atoms with Crippen LogP contribution in [0.1, 0.15) is 18.1 Å². The van der Waals surface area contributed by atoms with Crippen molar-refractivity contribution in [2.45, 2.75) is 20.1 Å². The molecule has 0 radical (unpaired) electrons. The summed E-state index contributed by atoms with van der Waals surface area (Å²) in [4.78, 5) is 0. The molecule has 2 nitrogen and oxygen atoms in total. The highest BCUT2D eigenvalue weighted by Gasteiger charge is 2.08. The van der Waals surface area contributed by atoms with E-state index in [-0.39, 0.29) is 5.82 Å². The lowest BCUT2D eigenvalue weighted by atomic mass is 10.2. The average Bonchev–Trinajstić information content (AvgIpc) is 2.44. The van der Waals surface area contributed by atoms with Crippen molar-refractivity contribution in [1.29, 1.82) is 0 Å². The minimum Gasteiger partial charge on any atom is -0.489 e. The first kappa shape index (κ1) is 14.8. The summed E-state index contributed by atoms with van der Waals surface area (Å²) >= 11 is 6.19. The van der Waals surface area contributed by atoms with Crippen molar-refractivity contribution in [3.05, 3.63) is 64.4 Å². The molecule has 0 saturated carbocycles. The van der Waals surface area contributed by atoms with Gasteiger partial charge in [0.05, 0.1) is 0 Å². The summed E-state index contributed by atoms with van der Waals surface area (Å²) in [5.74, 6) is 0.466. The van der Waals surface area contributed by atoms with Gasteiger partial charge in [0.1, 0.15) is 18.2 Å². The van der Waals surface area contributed by atoms with E-state index in [2.05, 4.69) is 5.32 Å². The van der Waals surface area contributed by atoms with Crippen LogP contribution in [-0.2, 0) is 13.2 Å². The molecule has 0 aliphatic rings. The van der Waals surface area contributed by atoms with Crippen LogP contribution in [0.2, 0.25) is 5.02 Å². The van der Waals surface area contributed by atoms with E-state index in [0.29, 0.717) is 18.2 Å². The van der Waals surface area contributed by atoms with E-state index in [4.69, 9.17) is 16.3 Å². The SMILES string of the molecule is CCNCc1c(Cl)cccc1OCc1cccc(F)c1. The van der Waals surface area contributed by atoms with Crippen molar-refractivity contribution in [2.24, 2.45) is 0 Å². The topological polar surface area (TPSA) is 21.3 Å². The van der Waals surface area contributed by atoms with Crippen molar-refractivity contribution in [3.63, 3.8) is 0 Å². The van der Waals surface area contributed by atoms with E-state index >= 15 is 0 Å².